The molecule has 0 aromatic heterocycles. The van der Waals surface area contributed by atoms with E-state index in [2.05, 4.69) is 5.32 Å². The summed E-state index contributed by atoms with van der Waals surface area (Å²) in [7, 11) is 1.34. The van der Waals surface area contributed by atoms with E-state index in [1.54, 1.807) is 30.3 Å². The summed E-state index contributed by atoms with van der Waals surface area (Å²) >= 11 is 12.2. The van der Waals surface area contributed by atoms with Gasteiger partial charge in [0, 0.05) is 6.07 Å². The van der Waals surface area contributed by atoms with E-state index in [1.165, 1.54) is 13.2 Å². The number of phenolic OH excluding ortho intramolecular Hbond substituents is 1. The minimum Gasteiger partial charge on any atom is -0.504 e. The molecule has 0 saturated carbocycles. The minimum atomic E-state index is -1.09. The van der Waals surface area contributed by atoms with Gasteiger partial charge < -0.3 is 20.3 Å². The fraction of sp³-hybridized carbons (Fsp3) is 0.133. The Bertz CT molecular complexity index is 692. The second kappa shape index (κ2) is 6.77. The molecule has 0 bridgehead atoms. The first-order chi connectivity index (χ1) is 10.5. The van der Waals surface area contributed by atoms with Crippen LogP contribution in [0.4, 0.5) is 5.69 Å². The second-order valence-corrected chi connectivity index (χ2v) is 5.21. The van der Waals surface area contributed by atoms with E-state index in [-0.39, 0.29) is 27.2 Å². The zero-order valence-corrected chi connectivity index (χ0v) is 13.0. The normalized spacial score (nSPS) is 11.8. The van der Waals surface area contributed by atoms with E-state index < -0.39 is 12.0 Å². The van der Waals surface area contributed by atoms with Gasteiger partial charge in [0.15, 0.2) is 17.5 Å². The lowest BCUT2D eigenvalue weighted by molar-refractivity contribution is -0.138. The zero-order chi connectivity index (χ0) is 16.3. The number of nitrogens with one attached hydrogen (secondary N) is 1. The summed E-state index contributed by atoms with van der Waals surface area (Å²) in [6.07, 6.45) is 0. The van der Waals surface area contributed by atoms with Gasteiger partial charge >= 0.3 is 5.97 Å². The molecule has 22 heavy (non-hydrogen) atoms. The van der Waals surface area contributed by atoms with Crippen LogP contribution in [0, 0.1) is 0 Å². The molecule has 0 aliphatic heterocycles. The molecule has 2 aromatic carbocycles. The van der Waals surface area contributed by atoms with Crippen LogP contribution >= 0.6 is 23.2 Å². The highest BCUT2D eigenvalue weighted by atomic mass is 35.5. The molecular weight excluding hydrogens is 329 g/mol. The van der Waals surface area contributed by atoms with Crippen LogP contribution < -0.4 is 10.1 Å². The SMILES string of the molecule is COc1c(O)cc(Cl)c(NC(C(=O)O)c2ccccc2)c1Cl. The number of ether oxygens (including phenoxy) is 1. The van der Waals surface area contributed by atoms with Crippen molar-refractivity contribution in [2.75, 3.05) is 12.4 Å². The summed E-state index contributed by atoms with van der Waals surface area (Å²) in [6.45, 7) is 0. The van der Waals surface area contributed by atoms with E-state index >= 15 is 0 Å². The lowest BCUT2D eigenvalue weighted by atomic mass is 10.1. The summed E-state index contributed by atoms with van der Waals surface area (Å²) in [5.41, 5.74) is 0.711. The smallest absolute Gasteiger partial charge is 0.330 e. The largest absolute Gasteiger partial charge is 0.504 e. The number of anilines is 1. The Balaban J connectivity index is 2.46. The van der Waals surface area contributed by atoms with Crippen LogP contribution in [-0.4, -0.2) is 23.3 Å². The monoisotopic (exact) mass is 341 g/mol. The molecule has 0 aliphatic carbocycles. The van der Waals surface area contributed by atoms with E-state index in [4.69, 9.17) is 27.9 Å². The maximum absolute atomic E-state index is 11.5. The fourth-order valence-electron chi connectivity index (χ4n) is 1.99. The number of aromatic hydroxyl groups is 1. The van der Waals surface area contributed by atoms with Crippen LogP contribution in [0.15, 0.2) is 36.4 Å². The van der Waals surface area contributed by atoms with Gasteiger partial charge in [-0.25, -0.2) is 4.79 Å². The Morgan fingerprint density at radius 2 is 1.91 bits per heavy atom. The number of carboxylic acids is 1. The third-order valence-electron chi connectivity index (χ3n) is 3.03. The zero-order valence-electron chi connectivity index (χ0n) is 11.5. The number of methoxy groups -OCH3 is 1. The number of hydrogen-bond donors (Lipinski definition) is 3. The average molecular weight is 342 g/mol. The summed E-state index contributed by atoms with van der Waals surface area (Å²) in [5.74, 6) is -1.30. The maximum Gasteiger partial charge on any atom is 0.330 e. The molecule has 116 valence electrons. The highest BCUT2D eigenvalue weighted by molar-refractivity contribution is 6.40. The molecule has 3 N–H and O–H groups in total. The van der Waals surface area contributed by atoms with Crippen LogP contribution in [0.25, 0.3) is 0 Å². The van der Waals surface area contributed by atoms with Crippen molar-refractivity contribution in [3.8, 4) is 11.5 Å². The van der Waals surface area contributed by atoms with Gasteiger partial charge in [0.2, 0.25) is 0 Å². The lowest BCUT2D eigenvalue weighted by Crippen LogP contribution is -2.20. The van der Waals surface area contributed by atoms with E-state index in [0.29, 0.717) is 5.56 Å². The van der Waals surface area contributed by atoms with Crippen molar-refractivity contribution < 1.29 is 19.7 Å². The van der Waals surface area contributed by atoms with Crippen molar-refractivity contribution in [1.29, 1.82) is 0 Å². The number of rotatable bonds is 5. The van der Waals surface area contributed by atoms with E-state index in [9.17, 15) is 15.0 Å². The van der Waals surface area contributed by atoms with E-state index in [0.717, 1.165) is 0 Å². The Morgan fingerprint density at radius 1 is 1.27 bits per heavy atom. The molecule has 0 saturated heterocycles. The van der Waals surface area contributed by atoms with Crippen LogP contribution in [0.3, 0.4) is 0 Å². The Morgan fingerprint density at radius 3 is 2.45 bits per heavy atom. The summed E-state index contributed by atoms with van der Waals surface area (Å²) in [4.78, 5) is 11.5. The van der Waals surface area contributed by atoms with Crippen molar-refractivity contribution in [2.45, 2.75) is 6.04 Å². The predicted octanol–water partition coefficient (Wildman–Crippen LogP) is 3.95. The number of aliphatic carboxylic acids is 1. The van der Waals surface area contributed by atoms with Gasteiger partial charge in [-0.2, -0.15) is 0 Å². The van der Waals surface area contributed by atoms with E-state index in [1.807, 2.05) is 0 Å². The third kappa shape index (κ3) is 3.21. The Kier molecular flexibility index (Phi) is 5.00. The molecule has 1 unspecified atom stereocenters. The third-order valence-corrected chi connectivity index (χ3v) is 3.69. The van der Waals surface area contributed by atoms with Crippen molar-refractivity contribution in [3.63, 3.8) is 0 Å². The first-order valence-electron chi connectivity index (χ1n) is 6.25. The average Bonchev–Trinajstić information content (AvgIpc) is 2.48. The van der Waals surface area contributed by atoms with Gasteiger partial charge in [0.1, 0.15) is 5.02 Å². The Hall–Kier alpha value is -2.11. The molecule has 0 heterocycles. The van der Waals surface area contributed by atoms with Crippen LogP contribution in [0.1, 0.15) is 11.6 Å². The number of phenols is 1. The van der Waals surface area contributed by atoms with Crippen molar-refractivity contribution >= 4 is 34.9 Å². The molecule has 7 heteroatoms. The van der Waals surface area contributed by atoms with Gasteiger partial charge in [-0.05, 0) is 5.56 Å². The van der Waals surface area contributed by atoms with Crippen LogP contribution in [-0.2, 0) is 4.79 Å². The number of carboxylic acid groups (broad SMARTS) is 1. The first kappa shape index (κ1) is 16.3. The molecular formula is C15H13Cl2NO4. The number of halogens is 2. The molecule has 0 spiro atoms. The standard InChI is InChI=1S/C15H13Cl2NO4/c1-22-14-10(19)7-9(16)13(11(14)17)18-12(15(20)21)8-5-3-2-4-6-8/h2-7,12,18-19H,1H3,(H,20,21). The topological polar surface area (TPSA) is 78.8 Å². The molecule has 2 rings (SSSR count). The van der Waals surface area contributed by atoms with Crippen molar-refractivity contribution in [1.82, 2.24) is 0 Å². The van der Waals surface area contributed by atoms with Gasteiger partial charge in [-0.1, -0.05) is 53.5 Å². The first-order valence-corrected chi connectivity index (χ1v) is 7.00. The van der Waals surface area contributed by atoms with Gasteiger partial charge in [-0.15, -0.1) is 0 Å². The maximum atomic E-state index is 11.5. The van der Waals surface area contributed by atoms with Gasteiger partial charge in [-0.3, -0.25) is 0 Å². The van der Waals surface area contributed by atoms with Gasteiger partial charge in [0.25, 0.3) is 0 Å². The van der Waals surface area contributed by atoms with Crippen molar-refractivity contribution in [2.24, 2.45) is 0 Å². The Labute approximate surface area is 137 Å². The predicted molar refractivity (Wildman–Crippen MR) is 85.1 cm³/mol. The molecule has 0 aliphatic rings. The highest BCUT2D eigenvalue weighted by Gasteiger charge is 2.24. The van der Waals surface area contributed by atoms with Gasteiger partial charge in [0.05, 0.1) is 17.8 Å². The highest BCUT2D eigenvalue weighted by Crippen LogP contribution is 2.45. The van der Waals surface area contributed by atoms with Crippen LogP contribution in [0.2, 0.25) is 10.0 Å². The number of hydrogen-bond acceptors (Lipinski definition) is 4. The number of carbonyl (C=O) groups is 1. The summed E-state index contributed by atoms with van der Waals surface area (Å²) < 4.78 is 4.99. The molecule has 0 radical (unpaired) electrons. The molecule has 1 atom stereocenters. The molecule has 0 amide bonds. The second-order valence-electron chi connectivity index (χ2n) is 4.43. The quantitative estimate of drug-likeness (QED) is 0.717. The lowest BCUT2D eigenvalue weighted by Gasteiger charge is -2.19. The minimum absolute atomic E-state index is 0.00896. The summed E-state index contributed by atoms with van der Waals surface area (Å²) in [6, 6.07) is 8.77. The fourth-order valence-corrected chi connectivity index (χ4v) is 2.62. The number of benzene rings is 2. The summed E-state index contributed by atoms with van der Waals surface area (Å²) in [5, 5.41) is 22.0. The molecule has 0 fully saturated rings. The molecule has 2 aromatic rings. The molecule has 5 nitrogen and oxygen atoms in total. The van der Waals surface area contributed by atoms with Crippen LogP contribution in [0.5, 0.6) is 11.5 Å². The van der Waals surface area contributed by atoms with Crippen molar-refractivity contribution in [3.05, 3.63) is 52.0 Å².